The van der Waals surface area contributed by atoms with Crippen LogP contribution in [0.15, 0.2) is 53.7 Å². The number of rotatable bonds is 5. The van der Waals surface area contributed by atoms with Crippen LogP contribution < -0.4 is 0 Å². The summed E-state index contributed by atoms with van der Waals surface area (Å²) in [7, 11) is 0. The first kappa shape index (κ1) is 21.3. The molecular formula is C25H23F2N5O. The fourth-order valence-electron chi connectivity index (χ4n) is 4.90. The molecule has 2 atom stereocenters. The van der Waals surface area contributed by atoms with Crippen molar-refractivity contribution in [3.05, 3.63) is 77.8 Å². The Kier molecular flexibility index (Phi) is 5.44. The topological polar surface area (TPSA) is 77.6 Å². The standard InChI is InChI=1S/C25H23F2N5O/c1-3-15-8-9-25(4-2,22-13-28-11-20(30-22)21-12-29-14-33-21)24-16(15)10-19(31-32-24)23-17(26)6-5-7-18(23)27/h5-7,10-15H,3-4,8-9H2,1-2H3/t15-,25+/m0/s1. The average Bonchev–Trinajstić information content (AvgIpc) is 3.38. The molecule has 0 spiro atoms. The van der Waals surface area contributed by atoms with Crippen molar-refractivity contribution >= 4 is 0 Å². The summed E-state index contributed by atoms with van der Waals surface area (Å²) >= 11 is 0. The second-order valence-electron chi connectivity index (χ2n) is 8.36. The highest BCUT2D eigenvalue weighted by molar-refractivity contribution is 5.62. The third kappa shape index (κ3) is 3.50. The minimum Gasteiger partial charge on any atom is -0.442 e. The van der Waals surface area contributed by atoms with E-state index < -0.39 is 17.0 Å². The minimum atomic E-state index is -0.652. The molecule has 0 unspecified atom stereocenters. The van der Waals surface area contributed by atoms with Gasteiger partial charge in [-0.1, -0.05) is 19.9 Å². The molecule has 0 amide bonds. The van der Waals surface area contributed by atoms with Gasteiger partial charge in [0.25, 0.3) is 0 Å². The molecule has 0 N–H and O–H groups in total. The highest BCUT2D eigenvalue weighted by Gasteiger charge is 2.43. The second-order valence-corrected chi connectivity index (χ2v) is 8.36. The van der Waals surface area contributed by atoms with E-state index in [0.717, 1.165) is 42.6 Å². The van der Waals surface area contributed by atoms with Crippen LogP contribution >= 0.6 is 0 Å². The summed E-state index contributed by atoms with van der Waals surface area (Å²) in [6, 6.07) is 5.61. The molecular weight excluding hydrogens is 424 g/mol. The first-order valence-electron chi connectivity index (χ1n) is 11.1. The van der Waals surface area contributed by atoms with E-state index in [0.29, 0.717) is 11.5 Å². The molecule has 8 heteroatoms. The summed E-state index contributed by atoms with van der Waals surface area (Å²) < 4.78 is 34.3. The Morgan fingerprint density at radius 2 is 1.85 bits per heavy atom. The maximum Gasteiger partial charge on any atom is 0.181 e. The van der Waals surface area contributed by atoms with E-state index in [1.165, 1.54) is 24.6 Å². The summed E-state index contributed by atoms with van der Waals surface area (Å²) in [4.78, 5) is 13.2. The Labute approximate surface area is 190 Å². The van der Waals surface area contributed by atoms with Crippen LogP contribution in [0.1, 0.15) is 62.4 Å². The maximum atomic E-state index is 14.5. The van der Waals surface area contributed by atoms with Crippen molar-refractivity contribution in [1.29, 1.82) is 0 Å². The van der Waals surface area contributed by atoms with Gasteiger partial charge in [0.15, 0.2) is 12.2 Å². The summed E-state index contributed by atoms with van der Waals surface area (Å²) in [5, 5.41) is 8.87. The number of aromatic nitrogens is 5. The van der Waals surface area contributed by atoms with Gasteiger partial charge >= 0.3 is 0 Å². The first-order valence-corrected chi connectivity index (χ1v) is 11.1. The van der Waals surface area contributed by atoms with Gasteiger partial charge < -0.3 is 4.42 Å². The van der Waals surface area contributed by atoms with Crippen LogP contribution in [0.5, 0.6) is 0 Å². The number of benzene rings is 1. The fourth-order valence-corrected chi connectivity index (χ4v) is 4.90. The van der Waals surface area contributed by atoms with Gasteiger partial charge in [0.1, 0.15) is 17.3 Å². The normalized spacial score (nSPS) is 19.9. The summed E-state index contributed by atoms with van der Waals surface area (Å²) in [6.45, 7) is 4.20. The van der Waals surface area contributed by atoms with E-state index in [2.05, 4.69) is 34.0 Å². The van der Waals surface area contributed by atoms with Gasteiger partial charge in [-0.2, -0.15) is 5.10 Å². The molecule has 6 nitrogen and oxygen atoms in total. The van der Waals surface area contributed by atoms with Crippen molar-refractivity contribution in [1.82, 2.24) is 25.1 Å². The third-order valence-electron chi connectivity index (χ3n) is 6.76. The lowest BCUT2D eigenvalue weighted by Gasteiger charge is -2.39. The van der Waals surface area contributed by atoms with Crippen LogP contribution in [0.4, 0.5) is 8.78 Å². The van der Waals surface area contributed by atoms with Crippen LogP contribution in [-0.4, -0.2) is 25.1 Å². The highest BCUT2D eigenvalue weighted by atomic mass is 19.1. The summed E-state index contributed by atoms with van der Waals surface area (Å²) in [5.41, 5.74) is 2.67. The second kappa shape index (κ2) is 8.42. The van der Waals surface area contributed by atoms with Crippen LogP contribution in [0.3, 0.4) is 0 Å². The monoisotopic (exact) mass is 447 g/mol. The molecule has 0 saturated carbocycles. The summed E-state index contributed by atoms with van der Waals surface area (Å²) in [6.07, 6.45) is 9.70. The molecule has 168 valence electrons. The predicted molar refractivity (Wildman–Crippen MR) is 118 cm³/mol. The Balaban J connectivity index is 1.68. The van der Waals surface area contributed by atoms with Crippen molar-refractivity contribution in [3.63, 3.8) is 0 Å². The average molecular weight is 447 g/mol. The van der Waals surface area contributed by atoms with Crippen LogP contribution in [0.2, 0.25) is 0 Å². The predicted octanol–water partition coefficient (Wildman–Crippen LogP) is 5.85. The Morgan fingerprint density at radius 3 is 2.55 bits per heavy atom. The number of oxazole rings is 1. The zero-order valence-electron chi connectivity index (χ0n) is 18.4. The van der Waals surface area contributed by atoms with Crippen LogP contribution in [-0.2, 0) is 5.41 Å². The van der Waals surface area contributed by atoms with E-state index >= 15 is 0 Å². The molecule has 1 aromatic carbocycles. The molecule has 0 radical (unpaired) electrons. The Hall–Kier alpha value is -3.55. The zero-order chi connectivity index (χ0) is 23.0. The van der Waals surface area contributed by atoms with Crippen molar-refractivity contribution in [3.8, 4) is 22.7 Å². The van der Waals surface area contributed by atoms with E-state index in [4.69, 9.17) is 9.40 Å². The molecule has 1 aliphatic rings. The first-order chi connectivity index (χ1) is 16.1. The van der Waals surface area contributed by atoms with Crippen LogP contribution in [0, 0.1) is 11.6 Å². The Bertz CT molecular complexity index is 1270. The molecule has 5 rings (SSSR count). The van der Waals surface area contributed by atoms with Gasteiger partial charge in [0.2, 0.25) is 0 Å². The van der Waals surface area contributed by atoms with Crippen molar-refractivity contribution in [2.75, 3.05) is 0 Å². The van der Waals surface area contributed by atoms with E-state index in [1.807, 2.05) is 0 Å². The van der Waals surface area contributed by atoms with Crippen LogP contribution in [0.25, 0.3) is 22.7 Å². The van der Waals surface area contributed by atoms with Gasteiger partial charge in [-0.05, 0) is 55.4 Å². The number of nitrogens with zero attached hydrogens (tertiary/aromatic N) is 5. The van der Waals surface area contributed by atoms with Gasteiger partial charge in [-0.3, -0.25) is 4.98 Å². The number of hydrogen-bond acceptors (Lipinski definition) is 6. The van der Waals surface area contributed by atoms with Gasteiger partial charge in [0.05, 0.1) is 40.5 Å². The number of halogens is 2. The molecule has 0 bridgehead atoms. The third-order valence-corrected chi connectivity index (χ3v) is 6.76. The molecule has 0 aliphatic heterocycles. The van der Waals surface area contributed by atoms with E-state index in [-0.39, 0.29) is 17.2 Å². The molecule has 3 aromatic heterocycles. The molecule has 1 aliphatic carbocycles. The van der Waals surface area contributed by atoms with Gasteiger partial charge in [-0.25, -0.2) is 18.7 Å². The zero-order valence-corrected chi connectivity index (χ0v) is 18.4. The van der Waals surface area contributed by atoms with E-state index in [1.54, 1.807) is 24.7 Å². The van der Waals surface area contributed by atoms with E-state index in [9.17, 15) is 8.78 Å². The smallest absolute Gasteiger partial charge is 0.181 e. The molecule has 33 heavy (non-hydrogen) atoms. The lowest BCUT2D eigenvalue weighted by atomic mass is 9.65. The number of fused-ring (bicyclic) bond motifs is 1. The van der Waals surface area contributed by atoms with Gasteiger partial charge in [-0.15, -0.1) is 5.10 Å². The maximum absolute atomic E-state index is 14.5. The van der Waals surface area contributed by atoms with Gasteiger partial charge in [0, 0.05) is 6.20 Å². The fraction of sp³-hybridized carbons (Fsp3) is 0.320. The highest BCUT2D eigenvalue weighted by Crippen LogP contribution is 2.49. The Morgan fingerprint density at radius 1 is 1.03 bits per heavy atom. The SMILES string of the molecule is CC[C@H]1CC[C@](CC)(c2cncc(-c3cnco3)n2)c2nnc(-c3c(F)cccc3F)cc21. The lowest BCUT2D eigenvalue weighted by Crippen LogP contribution is -2.36. The minimum absolute atomic E-state index is 0.151. The molecule has 0 fully saturated rings. The van der Waals surface area contributed by atoms with Crippen molar-refractivity contribution < 1.29 is 13.2 Å². The number of hydrogen-bond donors (Lipinski definition) is 0. The summed E-state index contributed by atoms with van der Waals surface area (Å²) in [5.74, 6) is -0.551. The molecule has 4 aromatic rings. The van der Waals surface area contributed by atoms with Crippen molar-refractivity contribution in [2.24, 2.45) is 0 Å². The quantitative estimate of drug-likeness (QED) is 0.382. The largest absolute Gasteiger partial charge is 0.442 e. The lowest BCUT2D eigenvalue weighted by molar-refractivity contribution is 0.352. The molecule has 3 heterocycles. The molecule has 0 saturated heterocycles. The van der Waals surface area contributed by atoms with Crippen molar-refractivity contribution in [2.45, 2.75) is 50.9 Å².